The lowest BCUT2D eigenvalue weighted by Crippen LogP contribution is -2.25. The average Bonchev–Trinajstić information content (AvgIpc) is 2.83. The second kappa shape index (κ2) is 6.47. The van der Waals surface area contributed by atoms with Gasteiger partial charge in [-0.3, -0.25) is 9.88 Å². The molecule has 5 heteroatoms. The summed E-state index contributed by atoms with van der Waals surface area (Å²) in [5.41, 5.74) is 2.50. The Morgan fingerprint density at radius 3 is 2.71 bits per heavy atom. The second-order valence-corrected chi connectivity index (χ2v) is 6.58. The summed E-state index contributed by atoms with van der Waals surface area (Å²) >= 11 is 7.21. The van der Waals surface area contributed by atoms with E-state index in [-0.39, 0.29) is 0 Å². The Morgan fingerprint density at radius 2 is 1.95 bits per heavy atom. The van der Waals surface area contributed by atoms with Crippen LogP contribution in [0.3, 0.4) is 0 Å². The molecule has 0 fully saturated rings. The normalized spacial score (nSPS) is 11.3. The zero-order valence-corrected chi connectivity index (χ0v) is 13.5. The maximum atomic E-state index is 5.53. The Hall–Kier alpha value is -1.56. The fourth-order valence-electron chi connectivity index (χ4n) is 2.36. The number of nitrogens with zero attached hydrogens (tertiary/aromatic N) is 3. The number of hydrogen-bond acceptors (Lipinski definition) is 4. The highest BCUT2D eigenvalue weighted by Crippen LogP contribution is 2.23. The van der Waals surface area contributed by atoms with Gasteiger partial charge in [-0.25, -0.2) is 0 Å². The molecular weight excluding hydrogens is 298 g/mol. The number of rotatable bonds is 5. The van der Waals surface area contributed by atoms with E-state index in [4.69, 9.17) is 12.2 Å². The molecule has 0 atom stereocenters. The number of pyridine rings is 1. The van der Waals surface area contributed by atoms with E-state index in [2.05, 4.69) is 57.8 Å². The molecule has 0 unspecified atom stereocenters. The van der Waals surface area contributed by atoms with Crippen molar-refractivity contribution in [2.24, 2.45) is 0 Å². The summed E-state index contributed by atoms with van der Waals surface area (Å²) in [6, 6.07) is 12.5. The van der Waals surface area contributed by atoms with Crippen LogP contribution in [0, 0.1) is 3.95 Å². The minimum absolute atomic E-state index is 0.821. The van der Waals surface area contributed by atoms with E-state index >= 15 is 0 Å². The molecule has 2 aromatic heterocycles. The summed E-state index contributed by atoms with van der Waals surface area (Å²) in [7, 11) is 0. The second-order valence-electron chi connectivity index (χ2n) is 4.91. The van der Waals surface area contributed by atoms with Crippen LogP contribution in [-0.4, -0.2) is 21.0 Å². The van der Waals surface area contributed by atoms with Crippen molar-refractivity contribution in [3.05, 3.63) is 58.3 Å². The third-order valence-corrected chi connectivity index (χ3v) is 4.95. The molecule has 3 nitrogen and oxygen atoms in total. The number of para-hydroxylation sites is 1. The van der Waals surface area contributed by atoms with Gasteiger partial charge in [0.25, 0.3) is 0 Å². The van der Waals surface area contributed by atoms with Crippen LogP contribution in [-0.2, 0) is 13.2 Å². The topological polar surface area (TPSA) is 21.1 Å². The van der Waals surface area contributed by atoms with E-state index in [1.807, 2.05) is 12.4 Å². The smallest absolute Gasteiger partial charge is 0.163 e. The highest BCUT2D eigenvalue weighted by atomic mass is 32.1. The van der Waals surface area contributed by atoms with Gasteiger partial charge in [0.05, 0.1) is 16.9 Å². The van der Waals surface area contributed by atoms with Crippen molar-refractivity contribution in [3.63, 3.8) is 0 Å². The van der Waals surface area contributed by atoms with Crippen LogP contribution in [0.2, 0.25) is 0 Å². The summed E-state index contributed by atoms with van der Waals surface area (Å²) in [6.45, 7) is 4.89. The lowest BCUT2D eigenvalue weighted by Gasteiger charge is -2.21. The van der Waals surface area contributed by atoms with E-state index in [1.165, 1.54) is 15.8 Å². The first-order valence-electron chi connectivity index (χ1n) is 6.97. The standard InChI is InChI=1S/C16H17N3S2/c1-2-18(11-13-7-9-17-10-8-13)12-19-14-5-3-4-6-15(14)21-16(19)20/h3-10H,2,11-12H2,1H3. The van der Waals surface area contributed by atoms with Gasteiger partial charge in [0.15, 0.2) is 3.95 Å². The quantitative estimate of drug-likeness (QED) is 0.655. The summed E-state index contributed by atoms with van der Waals surface area (Å²) < 4.78 is 4.41. The SMILES string of the molecule is CCN(Cc1ccncc1)Cn1c(=S)sc2ccccc21. The molecule has 0 saturated carbocycles. The van der Waals surface area contributed by atoms with Gasteiger partial charge < -0.3 is 4.57 Å². The van der Waals surface area contributed by atoms with Crippen LogP contribution < -0.4 is 0 Å². The molecule has 0 spiro atoms. The predicted octanol–water partition coefficient (Wildman–Crippen LogP) is 4.31. The Bertz CT molecular complexity index is 777. The van der Waals surface area contributed by atoms with Gasteiger partial charge in [0.1, 0.15) is 0 Å². The summed E-state index contributed by atoms with van der Waals surface area (Å²) in [5.74, 6) is 0. The molecular formula is C16H17N3S2. The van der Waals surface area contributed by atoms with E-state index in [9.17, 15) is 0 Å². The van der Waals surface area contributed by atoms with Crippen LogP contribution in [0.1, 0.15) is 12.5 Å². The maximum Gasteiger partial charge on any atom is 0.163 e. The van der Waals surface area contributed by atoms with E-state index < -0.39 is 0 Å². The minimum Gasteiger partial charge on any atom is -0.309 e. The van der Waals surface area contributed by atoms with Gasteiger partial charge in [0.2, 0.25) is 0 Å². The predicted molar refractivity (Wildman–Crippen MR) is 91.0 cm³/mol. The van der Waals surface area contributed by atoms with Crippen molar-refractivity contribution in [2.45, 2.75) is 20.1 Å². The molecule has 21 heavy (non-hydrogen) atoms. The van der Waals surface area contributed by atoms with E-state index in [0.717, 1.165) is 23.7 Å². The Kier molecular flexibility index (Phi) is 4.43. The van der Waals surface area contributed by atoms with Crippen molar-refractivity contribution in [3.8, 4) is 0 Å². The fraction of sp³-hybridized carbons (Fsp3) is 0.250. The number of hydrogen-bond donors (Lipinski definition) is 0. The van der Waals surface area contributed by atoms with Crippen LogP contribution in [0.5, 0.6) is 0 Å². The molecule has 108 valence electrons. The first-order valence-corrected chi connectivity index (χ1v) is 8.20. The van der Waals surface area contributed by atoms with Gasteiger partial charge >= 0.3 is 0 Å². The van der Waals surface area contributed by atoms with Crippen LogP contribution >= 0.6 is 23.6 Å². The zero-order chi connectivity index (χ0) is 14.7. The molecule has 3 aromatic rings. The van der Waals surface area contributed by atoms with Crippen molar-refractivity contribution in [1.29, 1.82) is 0 Å². The molecule has 0 saturated heterocycles. The third-order valence-electron chi connectivity index (χ3n) is 3.52. The van der Waals surface area contributed by atoms with Crippen LogP contribution in [0.4, 0.5) is 0 Å². The average molecular weight is 315 g/mol. The first-order chi connectivity index (χ1) is 10.3. The third kappa shape index (κ3) is 3.20. The van der Waals surface area contributed by atoms with Gasteiger partial charge in [-0.15, -0.1) is 11.3 Å². The first kappa shape index (κ1) is 14.4. The van der Waals surface area contributed by atoms with Gasteiger partial charge in [-0.2, -0.15) is 0 Å². The highest BCUT2D eigenvalue weighted by molar-refractivity contribution is 7.73. The van der Waals surface area contributed by atoms with Crippen molar-refractivity contribution in [1.82, 2.24) is 14.5 Å². The summed E-state index contributed by atoms with van der Waals surface area (Å²) in [4.78, 5) is 6.45. The monoisotopic (exact) mass is 315 g/mol. The van der Waals surface area contributed by atoms with Crippen LogP contribution in [0.25, 0.3) is 10.2 Å². The van der Waals surface area contributed by atoms with Gasteiger partial charge in [-0.1, -0.05) is 19.1 Å². The number of benzene rings is 1. The van der Waals surface area contributed by atoms with Gasteiger partial charge in [0, 0.05) is 18.9 Å². The zero-order valence-electron chi connectivity index (χ0n) is 11.9. The lowest BCUT2D eigenvalue weighted by atomic mass is 10.2. The highest BCUT2D eigenvalue weighted by Gasteiger charge is 2.09. The molecule has 0 aliphatic heterocycles. The molecule has 0 aliphatic rings. The summed E-state index contributed by atoms with van der Waals surface area (Å²) in [6.07, 6.45) is 3.68. The van der Waals surface area contributed by atoms with E-state index in [1.54, 1.807) is 11.3 Å². The van der Waals surface area contributed by atoms with Crippen LogP contribution in [0.15, 0.2) is 48.8 Å². The Balaban J connectivity index is 1.86. The molecule has 1 aromatic carbocycles. The number of aromatic nitrogens is 2. The van der Waals surface area contributed by atoms with Crippen molar-refractivity contribution >= 4 is 33.8 Å². The number of thiazole rings is 1. The molecule has 0 radical (unpaired) electrons. The number of fused-ring (bicyclic) bond motifs is 1. The maximum absolute atomic E-state index is 5.53. The Labute approximate surface area is 133 Å². The fourth-order valence-corrected chi connectivity index (χ4v) is 3.67. The van der Waals surface area contributed by atoms with Gasteiger partial charge in [-0.05, 0) is 48.6 Å². The minimum atomic E-state index is 0.821. The van der Waals surface area contributed by atoms with E-state index in [0.29, 0.717) is 0 Å². The molecule has 3 rings (SSSR count). The van der Waals surface area contributed by atoms with Crippen molar-refractivity contribution in [2.75, 3.05) is 6.54 Å². The molecule has 0 N–H and O–H groups in total. The largest absolute Gasteiger partial charge is 0.309 e. The molecule has 0 amide bonds. The molecule has 0 bridgehead atoms. The summed E-state index contributed by atoms with van der Waals surface area (Å²) in [5, 5.41) is 0. The van der Waals surface area contributed by atoms with Crippen molar-refractivity contribution < 1.29 is 0 Å². The Morgan fingerprint density at radius 1 is 1.19 bits per heavy atom. The lowest BCUT2D eigenvalue weighted by molar-refractivity contribution is 0.224. The molecule has 0 aliphatic carbocycles. The molecule has 2 heterocycles.